The van der Waals surface area contributed by atoms with Gasteiger partial charge in [0.15, 0.2) is 0 Å². The number of carbonyl (C=O) groups excluding carboxylic acids is 1. The quantitative estimate of drug-likeness (QED) is 0.617. The first-order chi connectivity index (χ1) is 13.4. The summed E-state index contributed by atoms with van der Waals surface area (Å²) < 4.78 is 27.8. The number of amides is 1. The number of hydrogen-bond donors (Lipinski definition) is 2. The number of anilines is 1. The molecule has 2 N–H and O–H groups in total. The van der Waals surface area contributed by atoms with Gasteiger partial charge in [-0.3, -0.25) is 9.52 Å². The highest BCUT2D eigenvalue weighted by Gasteiger charge is 2.20. The molecule has 3 aromatic carbocycles. The predicted octanol–water partition coefficient (Wildman–Crippen LogP) is 4.63. The van der Waals surface area contributed by atoms with Crippen molar-refractivity contribution in [2.24, 2.45) is 0 Å². The Hall–Kier alpha value is -2.83. The molecule has 0 aliphatic rings. The van der Waals surface area contributed by atoms with Crippen molar-refractivity contribution >= 4 is 33.2 Å². The third kappa shape index (κ3) is 4.71. The number of halogens is 1. The van der Waals surface area contributed by atoms with Gasteiger partial charge in [-0.05, 0) is 42.8 Å². The van der Waals surface area contributed by atoms with Gasteiger partial charge >= 0.3 is 0 Å². The first-order valence-corrected chi connectivity index (χ1v) is 10.5. The van der Waals surface area contributed by atoms with E-state index in [1.165, 1.54) is 12.1 Å². The summed E-state index contributed by atoms with van der Waals surface area (Å²) in [4.78, 5) is 12.8. The van der Waals surface area contributed by atoms with Crippen molar-refractivity contribution in [2.45, 2.75) is 17.9 Å². The summed E-state index contributed by atoms with van der Waals surface area (Å²) in [6.45, 7) is 1.87. The number of para-hydroxylation sites is 1. The molecule has 144 valence electrons. The fraction of sp³-hybridized carbons (Fsp3) is 0.0952. The second kappa shape index (κ2) is 8.46. The molecule has 0 fully saturated rings. The van der Waals surface area contributed by atoms with E-state index in [2.05, 4.69) is 10.0 Å². The Balaban J connectivity index is 1.84. The van der Waals surface area contributed by atoms with Crippen LogP contribution in [0.1, 0.15) is 28.9 Å². The van der Waals surface area contributed by atoms with Crippen LogP contribution in [0.2, 0.25) is 5.02 Å². The van der Waals surface area contributed by atoms with Crippen LogP contribution < -0.4 is 10.0 Å². The molecule has 1 amide bonds. The van der Waals surface area contributed by atoms with Gasteiger partial charge < -0.3 is 5.32 Å². The Kier molecular flexibility index (Phi) is 6.02. The number of sulfonamides is 1. The standard InChI is InChI=1S/C21H19ClN2O3S/c1-15(16-8-3-2-4-9-16)23-21(25)19-12-5-6-13-20(19)24-28(26,27)18-11-7-10-17(22)14-18/h2-15,24H,1H3,(H,23,25). The van der Waals surface area contributed by atoms with Crippen molar-refractivity contribution in [3.05, 3.63) is 95.0 Å². The van der Waals surface area contributed by atoms with Crippen LogP contribution in [0.15, 0.2) is 83.8 Å². The Morgan fingerprint density at radius 3 is 2.32 bits per heavy atom. The number of rotatable bonds is 6. The highest BCUT2D eigenvalue weighted by molar-refractivity contribution is 7.92. The molecule has 1 unspecified atom stereocenters. The molecular weight excluding hydrogens is 396 g/mol. The first-order valence-electron chi connectivity index (χ1n) is 8.60. The second-order valence-electron chi connectivity index (χ2n) is 6.21. The van der Waals surface area contributed by atoms with Gasteiger partial charge in [0.05, 0.1) is 22.2 Å². The number of nitrogens with one attached hydrogen (secondary N) is 2. The Labute approximate surface area is 169 Å². The molecule has 0 radical (unpaired) electrons. The molecule has 0 heterocycles. The van der Waals surface area contributed by atoms with E-state index in [1.54, 1.807) is 36.4 Å². The van der Waals surface area contributed by atoms with Crippen molar-refractivity contribution in [3.63, 3.8) is 0 Å². The van der Waals surface area contributed by atoms with Crippen molar-refractivity contribution < 1.29 is 13.2 Å². The summed E-state index contributed by atoms with van der Waals surface area (Å²) in [5.74, 6) is -0.374. The zero-order chi connectivity index (χ0) is 20.1. The fourth-order valence-corrected chi connectivity index (χ4v) is 4.09. The molecule has 3 aromatic rings. The maximum atomic E-state index is 12.8. The maximum Gasteiger partial charge on any atom is 0.261 e. The molecule has 0 saturated heterocycles. The van der Waals surface area contributed by atoms with E-state index < -0.39 is 10.0 Å². The SMILES string of the molecule is CC(NC(=O)c1ccccc1NS(=O)(=O)c1cccc(Cl)c1)c1ccccc1. The lowest BCUT2D eigenvalue weighted by molar-refractivity contribution is 0.0941. The van der Waals surface area contributed by atoms with Gasteiger partial charge in [-0.25, -0.2) is 8.42 Å². The van der Waals surface area contributed by atoms with E-state index in [9.17, 15) is 13.2 Å². The van der Waals surface area contributed by atoms with Crippen LogP contribution in [0.4, 0.5) is 5.69 Å². The smallest absolute Gasteiger partial charge is 0.261 e. The van der Waals surface area contributed by atoms with E-state index in [1.807, 2.05) is 37.3 Å². The number of benzene rings is 3. The van der Waals surface area contributed by atoms with Gasteiger partial charge in [0.2, 0.25) is 0 Å². The van der Waals surface area contributed by atoms with Crippen LogP contribution in [-0.4, -0.2) is 14.3 Å². The van der Waals surface area contributed by atoms with Crippen LogP contribution in [0.25, 0.3) is 0 Å². The molecule has 3 rings (SSSR count). The highest BCUT2D eigenvalue weighted by atomic mass is 35.5. The number of hydrogen-bond acceptors (Lipinski definition) is 3. The van der Waals surface area contributed by atoms with Gasteiger partial charge in [0, 0.05) is 5.02 Å². The lowest BCUT2D eigenvalue weighted by Crippen LogP contribution is -2.28. The van der Waals surface area contributed by atoms with E-state index in [0.717, 1.165) is 5.56 Å². The third-order valence-corrected chi connectivity index (χ3v) is 5.77. The number of carbonyl (C=O) groups is 1. The van der Waals surface area contributed by atoms with Gasteiger partial charge in [-0.2, -0.15) is 0 Å². The molecule has 0 aromatic heterocycles. The van der Waals surface area contributed by atoms with E-state index in [-0.39, 0.29) is 28.1 Å². The molecule has 0 aliphatic carbocycles. The van der Waals surface area contributed by atoms with Crippen molar-refractivity contribution in [2.75, 3.05) is 4.72 Å². The van der Waals surface area contributed by atoms with Gasteiger partial charge in [-0.15, -0.1) is 0 Å². The van der Waals surface area contributed by atoms with Crippen molar-refractivity contribution in [1.82, 2.24) is 5.32 Å². The molecule has 7 heteroatoms. The summed E-state index contributed by atoms with van der Waals surface area (Å²) >= 11 is 5.89. The average molecular weight is 415 g/mol. The maximum absolute atomic E-state index is 12.8. The van der Waals surface area contributed by atoms with E-state index in [4.69, 9.17) is 11.6 Å². The Bertz CT molecular complexity index is 1090. The zero-order valence-electron chi connectivity index (χ0n) is 15.1. The summed E-state index contributed by atoms with van der Waals surface area (Å²) in [7, 11) is -3.89. The minimum atomic E-state index is -3.89. The van der Waals surface area contributed by atoms with Crippen molar-refractivity contribution in [3.8, 4) is 0 Å². The molecule has 28 heavy (non-hydrogen) atoms. The van der Waals surface area contributed by atoms with Crippen LogP contribution in [0.5, 0.6) is 0 Å². The van der Waals surface area contributed by atoms with Gasteiger partial charge in [-0.1, -0.05) is 60.1 Å². The Morgan fingerprint density at radius 1 is 0.929 bits per heavy atom. The van der Waals surface area contributed by atoms with Crippen LogP contribution in [0, 0.1) is 0 Å². The van der Waals surface area contributed by atoms with E-state index >= 15 is 0 Å². The fourth-order valence-electron chi connectivity index (χ4n) is 2.71. The largest absolute Gasteiger partial charge is 0.345 e. The monoisotopic (exact) mass is 414 g/mol. The first kappa shape index (κ1) is 19.9. The highest BCUT2D eigenvalue weighted by Crippen LogP contribution is 2.23. The molecule has 0 spiro atoms. The van der Waals surface area contributed by atoms with Gasteiger partial charge in [0.1, 0.15) is 0 Å². The molecule has 0 aliphatic heterocycles. The third-order valence-electron chi connectivity index (χ3n) is 4.17. The molecule has 5 nitrogen and oxygen atoms in total. The summed E-state index contributed by atoms with van der Waals surface area (Å²) in [6, 6.07) is 21.7. The van der Waals surface area contributed by atoms with Crippen LogP contribution in [0.3, 0.4) is 0 Å². The predicted molar refractivity (Wildman–Crippen MR) is 111 cm³/mol. The molecule has 1 atom stereocenters. The second-order valence-corrected chi connectivity index (χ2v) is 8.33. The van der Waals surface area contributed by atoms with Crippen LogP contribution >= 0.6 is 11.6 Å². The van der Waals surface area contributed by atoms with Crippen molar-refractivity contribution in [1.29, 1.82) is 0 Å². The molecule has 0 bridgehead atoms. The normalized spacial score (nSPS) is 12.2. The lowest BCUT2D eigenvalue weighted by atomic mass is 10.1. The topological polar surface area (TPSA) is 75.3 Å². The van der Waals surface area contributed by atoms with Crippen LogP contribution in [-0.2, 0) is 10.0 Å². The molecular formula is C21H19ClN2O3S. The summed E-state index contributed by atoms with van der Waals surface area (Å²) in [5.41, 5.74) is 1.38. The lowest BCUT2D eigenvalue weighted by Gasteiger charge is -2.17. The minimum absolute atomic E-state index is 0.0212. The molecule has 0 saturated carbocycles. The average Bonchev–Trinajstić information content (AvgIpc) is 2.68. The summed E-state index contributed by atoms with van der Waals surface area (Å²) in [5, 5.41) is 3.20. The van der Waals surface area contributed by atoms with Gasteiger partial charge in [0.25, 0.3) is 15.9 Å². The zero-order valence-corrected chi connectivity index (χ0v) is 16.7. The van der Waals surface area contributed by atoms with E-state index in [0.29, 0.717) is 5.02 Å². The summed E-state index contributed by atoms with van der Waals surface area (Å²) in [6.07, 6.45) is 0. The minimum Gasteiger partial charge on any atom is -0.345 e. The Morgan fingerprint density at radius 2 is 1.61 bits per heavy atom.